The second-order valence-corrected chi connectivity index (χ2v) is 5.52. The molecular formula is C14H25NO4. The van der Waals surface area contributed by atoms with Crippen LogP contribution in [0.15, 0.2) is 0 Å². The van der Waals surface area contributed by atoms with E-state index in [-0.39, 0.29) is 19.1 Å². The molecule has 1 fully saturated rings. The quantitative estimate of drug-likeness (QED) is 0.662. The highest BCUT2D eigenvalue weighted by atomic mass is 16.5. The number of nitrogens with one attached hydrogen (secondary N) is 1. The number of amides is 1. The van der Waals surface area contributed by atoms with Crippen LogP contribution < -0.4 is 5.32 Å². The van der Waals surface area contributed by atoms with Gasteiger partial charge in [-0.05, 0) is 13.3 Å². The molecule has 0 aromatic carbocycles. The summed E-state index contributed by atoms with van der Waals surface area (Å²) in [5, 5.41) is 12.0. The number of ether oxygens (including phenoxy) is 1. The molecule has 19 heavy (non-hydrogen) atoms. The Labute approximate surface area is 114 Å². The number of aliphatic carboxylic acids is 1. The number of hydrogen-bond acceptors (Lipinski definition) is 3. The van der Waals surface area contributed by atoms with E-state index in [1.165, 1.54) is 12.8 Å². The second-order valence-electron chi connectivity index (χ2n) is 5.52. The zero-order chi connectivity index (χ0) is 14.3. The average molecular weight is 271 g/mol. The molecule has 1 amide bonds. The molecule has 5 nitrogen and oxygen atoms in total. The van der Waals surface area contributed by atoms with Crippen LogP contribution in [0.3, 0.4) is 0 Å². The van der Waals surface area contributed by atoms with Gasteiger partial charge in [-0.1, -0.05) is 32.6 Å². The van der Waals surface area contributed by atoms with Crippen molar-refractivity contribution < 1.29 is 19.4 Å². The third-order valence-corrected chi connectivity index (χ3v) is 3.79. The molecule has 1 aliphatic heterocycles. The molecule has 0 aromatic heterocycles. The molecule has 0 aromatic rings. The fraction of sp³-hybridized carbons (Fsp3) is 0.857. The Morgan fingerprint density at radius 2 is 2.00 bits per heavy atom. The predicted octanol–water partition coefficient (Wildman–Crippen LogP) is 1.95. The number of unbranched alkanes of at least 4 members (excludes halogenated alkanes) is 4. The van der Waals surface area contributed by atoms with Crippen molar-refractivity contribution in [3.05, 3.63) is 0 Å². The van der Waals surface area contributed by atoms with Crippen LogP contribution in [0, 0.1) is 5.41 Å². The predicted molar refractivity (Wildman–Crippen MR) is 71.9 cm³/mol. The van der Waals surface area contributed by atoms with Gasteiger partial charge in [0.05, 0.1) is 19.3 Å². The molecule has 0 spiro atoms. The second kappa shape index (κ2) is 7.48. The maximum Gasteiger partial charge on any atom is 0.313 e. The molecule has 2 N–H and O–H groups in total. The van der Waals surface area contributed by atoms with E-state index in [1.807, 2.05) is 0 Å². The number of carbonyl (C=O) groups excluding carboxylic acids is 1. The minimum atomic E-state index is -1.00. The van der Waals surface area contributed by atoms with Gasteiger partial charge >= 0.3 is 5.97 Å². The molecule has 110 valence electrons. The van der Waals surface area contributed by atoms with Crippen molar-refractivity contribution in [2.45, 2.75) is 58.4 Å². The Kier molecular flexibility index (Phi) is 6.28. The van der Waals surface area contributed by atoms with Gasteiger partial charge in [-0.15, -0.1) is 0 Å². The first-order chi connectivity index (χ1) is 9.00. The minimum Gasteiger partial charge on any atom is -0.481 e. The first-order valence-electron chi connectivity index (χ1n) is 7.11. The molecule has 0 bridgehead atoms. The van der Waals surface area contributed by atoms with Crippen LogP contribution in [0.25, 0.3) is 0 Å². The van der Waals surface area contributed by atoms with Crippen LogP contribution in [0.2, 0.25) is 0 Å². The van der Waals surface area contributed by atoms with Crippen LogP contribution in [0.5, 0.6) is 0 Å². The minimum absolute atomic E-state index is 0.0699. The molecule has 0 radical (unpaired) electrons. The summed E-state index contributed by atoms with van der Waals surface area (Å²) < 4.78 is 5.20. The summed E-state index contributed by atoms with van der Waals surface area (Å²) >= 11 is 0. The highest BCUT2D eigenvalue weighted by molar-refractivity contribution is 5.80. The number of carboxylic acid groups (broad SMARTS) is 1. The summed E-state index contributed by atoms with van der Waals surface area (Å²) in [5.41, 5.74) is -1.00. The van der Waals surface area contributed by atoms with E-state index in [9.17, 15) is 14.7 Å². The lowest BCUT2D eigenvalue weighted by Gasteiger charge is -2.25. The van der Waals surface area contributed by atoms with Crippen molar-refractivity contribution in [1.29, 1.82) is 0 Å². The van der Waals surface area contributed by atoms with Crippen LogP contribution in [0.1, 0.15) is 52.4 Å². The first-order valence-corrected chi connectivity index (χ1v) is 7.11. The molecular weight excluding hydrogens is 246 g/mol. The monoisotopic (exact) mass is 271 g/mol. The van der Waals surface area contributed by atoms with E-state index in [0.717, 1.165) is 19.3 Å². The summed E-state index contributed by atoms with van der Waals surface area (Å²) in [4.78, 5) is 23.0. The Morgan fingerprint density at radius 1 is 1.32 bits per heavy atom. The Bertz CT molecular complexity index is 319. The van der Waals surface area contributed by atoms with Gasteiger partial charge < -0.3 is 15.2 Å². The number of carboxylic acids is 1. The average Bonchev–Trinajstić information content (AvgIpc) is 2.72. The van der Waals surface area contributed by atoms with Gasteiger partial charge in [0.25, 0.3) is 0 Å². The molecule has 0 aliphatic carbocycles. The third-order valence-electron chi connectivity index (χ3n) is 3.79. The summed E-state index contributed by atoms with van der Waals surface area (Å²) in [6.07, 6.45) is 5.93. The molecule has 2 atom stereocenters. The van der Waals surface area contributed by atoms with Crippen LogP contribution in [-0.4, -0.2) is 36.2 Å². The lowest BCUT2D eigenvalue weighted by Crippen LogP contribution is -2.49. The number of rotatable bonds is 8. The Hall–Kier alpha value is -1.10. The fourth-order valence-corrected chi connectivity index (χ4v) is 2.24. The van der Waals surface area contributed by atoms with Crippen LogP contribution in [0.4, 0.5) is 0 Å². The molecule has 1 aliphatic rings. The van der Waals surface area contributed by atoms with Gasteiger partial charge in [0, 0.05) is 6.42 Å². The molecule has 0 saturated carbocycles. The smallest absolute Gasteiger partial charge is 0.313 e. The fourth-order valence-electron chi connectivity index (χ4n) is 2.24. The van der Waals surface area contributed by atoms with Gasteiger partial charge in [-0.3, -0.25) is 9.59 Å². The van der Waals surface area contributed by atoms with Gasteiger partial charge in [0.15, 0.2) is 0 Å². The summed E-state index contributed by atoms with van der Waals surface area (Å²) in [6.45, 7) is 4.21. The van der Waals surface area contributed by atoms with E-state index in [1.54, 1.807) is 6.92 Å². The van der Waals surface area contributed by atoms with Crippen molar-refractivity contribution in [3.63, 3.8) is 0 Å². The number of carbonyl (C=O) groups is 2. The summed E-state index contributed by atoms with van der Waals surface area (Å²) in [7, 11) is 0. The van der Waals surface area contributed by atoms with Crippen molar-refractivity contribution in [2.75, 3.05) is 13.2 Å². The Morgan fingerprint density at radius 3 is 2.63 bits per heavy atom. The molecule has 1 heterocycles. The summed E-state index contributed by atoms with van der Waals surface area (Å²) in [5.74, 6) is -0.988. The third kappa shape index (κ3) is 4.49. The van der Waals surface area contributed by atoms with E-state index in [4.69, 9.17) is 4.74 Å². The van der Waals surface area contributed by atoms with Gasteiger partial charge in [-0.2, -0.15) is 0 Å². The van der Waals surface area contributed by atoms with Gasteiger partial charge in [-0.25, -0.2) is 0 Å². The molecule has 1 rings (SSSR count). The van der Waals surface area contributed by atoms with Crippen LogP contribution in [-0.2, 0) is 14.3 Å². The van der Waals surface area contributed by atoms with Crippen molar-refractivity contribution in [2.24, 2.45) is 5.41 Å². The topological polar surface area (TPSA) is 75.6 Å². The van der Waals surface area contributed by atoms with Crippen molar-refractivity contribution in [1.82, 2.24) is 5.32 Å². The normalized spacial score (nSPS) is 26.3. The largest absolute Gasteiger partial charge is 0.481 e. The van der Waals surface area contributed by atoms with Crippen molar-refractivity contribution >= 4 is 11.9 Å². The highest BCUT2D eigenvalue weighted by Gasteiger charge is 2.47. The summed E-state index contributed by atoms with van der Waals surface area (Å²) in [6, 6.07) is -0.423. The first kappa shape index (κ1) is 16.0. The SMILES string of the molecule is CCCCCCCC(=O)NC1COCC1(C)C(=O)O. The maximum atomic E-state index is 11.8. The van der Waals surface area contributed by atoms with Gasteiger partial charge in [0.2, 0.25) is 5.91 Å². The Balaban J connectivity index is 2.30. The highest BCUT2D eigenvalue weighted by Crippen LogP contribution is 2.28. The van der Waals surface area contributed by atoms with E-state index in [0.29, 0.717) is 6.42 Å². The maximum absolute atomic E-state index is 11.8. The molecule has 1 saturated heterocycles. The molecule has 5 heteroatoms. The number of hydrogen-bond donors (Lipinski definition) is 2. The van der Waals surface area contributed by atoms with E-state index < -0.39 is 17.4 Å². The van der Waals surface area contributed by atoms with E-state index >= 15 is 0 Å². The lowest BCUT2D eigenvalue weighted by atomic mass is 9.85. The van der Waals surface area contributed by atoms with Crippen LogP contribution >= 0.6 is 0 Å². The zero-order valence-electron chi connectivity index (χ0n) is 11.9. The van der Waals surface area contributed by atoms with Gasteiger partial charge in [0.1, 0.15) is 5.41 Å². The standard InChI is InChI=1S/C14H25NO4/c1-3-4-5-6-7-8-12(16)15-11-9-19-10-14(11,2)13(17)18/h11H,3-10H2,1-2H3,(H,15,16)(H,17,18). The van der Waals surface area contributed by atoms with E-state index in [2.05, 4.69) is 12.2 Å². The van der Waals surface area contributed by atoms with Crippen molar-refractivity contribution in [3.8, 4) is 0 Å². The molecule has 2 unspecified atom stereocenters. The lowest BCUT2D eigenvalue weighted by molar-refractivity contribution is -0.149. The zero-order valence-corrected chi connectivity index (χ0v) is 11.9.